The number of nitrogens with one attached hydrogen (secondary N) is 2. The van der Waals surface area contributed by atoms with Gasteiger partial charge in [-0.2, -0.15) is 0 Å². The van der Waals surface area contributed by atoms with Gasteiger partial charge in [-0.3, -0.25) is 4.79 Å². The van der Waals surface area contributed by atoms with Crippen molar-refractivity contribution in [1.82, 2.24) is 5.32 Å². The van der Waals surface area contributed by atoms with Crippen LogP contribution in [0, 0.1) is 11.6 Å². The highest BCUT2D eigenvalue weighted by Gasteiger charge is 2.16. The van der Waals surface area contributed by atoms with Crippen LogP contribution in [0.3, 0.4) is 0 Å². The maximum Gasteiger partial charge on any atom is 0.407 e. The van der Waals surface area contributed by atoms with Crippen molar-refractivity contribution in [2.45, 2.75) is 32.9 Å². The zero-order valence-corrected chi connectivity index (χ0v) is 14.7. The van der Waals surface area contributed by atoms with Gasteiger partial charge in [0.05, 0.1) is 5.69 Å². The predicted molar refractivity (Wildman–Crippen MR) is 93.8 cm³/mol. The second kappa shape index (κ2) is 7.95. The zero-order valence-electron chi connectivity index (χ0n) is 14.7. The number of halogens is 2. The topological polar surface area (TPSA) is 67.4 Å². The molecule has 26 heavy (non-hydrogen) atoms. The van der Waals surface area contributed by atoms with E-state index in [1.807, 2.05) is 0 Å². The first-order chi connectivity index (χ1) is 12.1. The molecule has 0 saturated carbocycles. The van der Waals surface area contributed by atoms with Gasteiger partial charge in [0.1, 0.15) is 17.2 Å². The van der Waals surface area contributed by atoms with Gasteiger partial charge in [0.15, 0.2) is 0 Å². The number of anilines is 1. The van der Waals surface area contributed by atoms with Crippen LogP contribution in [0.25, 0.3) is 0 Å². The number of amides is 2. The summed E-state index contributed by atoms with van der Waals surface area (Å²) in [7, 11) is 0. The molecule has 2 rings (SSSR count). The van der Waals surface area contributed by atoms with Gasteiger partial charge in [0, 0.05) is 18.2 Å². The molecule has 0 radical (unpaired) electrons. The van der Waals surface area contributed by atoms with Gasteiger partial charge in [-0.1, -0.05) is 12.1 Å². The SMILES string of the molecule is CC(C)(C)OC(=O)NCc1ccc(C(=O)Nc2ccc(F)cc2F)cc1. The molecule has 2 aromatic rings. The van der Waals surface area contributed by atoms with Gasteiger partial charge in [0.2, 0.25) is 0 Å². The summed E-state index contributed by atoms with van der Waals surface area (Å²) < 4.78 is 31.6. The van der Waals surface area contributed by atoms with Crippen LogP contribution < -0.4 is 10.6 Å². The molecule has 0 aromatic heterocycles. The Kier molecular flexibility index (Phi) is 5.92. The molecule has 0 saturated heterocycles. The molecule has 0 aliphatic carbocycles. The molecule has 0 fully saturated rings. The number of hydrogen-bond acceptors (Lipinski definition) is 3. The third-order valence-electron chi connectivity index (χ3n) is 3.23. The lowest BCUT2D eigenvalue weighted by molar-refractivity contribution is 0.0523. The average molecular weight is 362 g/mol. The van der Waals surface area contributed by atoms with E-state index in [1.54, 1.807) is 45.0 Å². The number of carbonyl (C=O) groups excluding carboxylic acids is 2. The number of benzene rings is 2. The van der Waals surface area contributed by atoms with Crippen LogP contribution >= 0.6 is 0 Å². The zero-order chi connectivity index (χ0) is 19.3. The van der Waals surface area contributed by atoms with Crippen LogP contribution in [0.4, 0.5) is 19.3 Å². The number of rotatable bonds is 4. The number of ether oxygens (including phenoxy) is 1. The molecule has 138 valence electrons. The van der Waals surface area contributed by atoms with Crippen LogP contribution in [-0.2, 0) is 11.3 Å². The van der Waals surface area contributed by atoms with Crippen LogP contribution in [0.5, 0.6) is 0 Å². The van der Waals surface area contributed by atoms with Gasteiger partial charge in [-0.15, -0.1) is 0 Å². The van der Waals surface area contributed by atoms with Gasteiger partial charge in [0.25, 0.3) is 5.91 Å². The van der Waals surface area contributed by atoms with E-state index in [0.29, 0.717) is 11.6 Å². The third kappa shape index (κ3) is 5.84. The van der Waals surface area contributed by atoms with Crippen LogP contribution in [0.2, 0.25) is 0 Å². The second-order valence-electron chi connectivity index (χ2n) is 6.63. The van der Waals surface area contributed by atoms with E-state index >= 15 is 0 Å². The van der Waals surface area contributed by atoms with Crippen LogP contribution in [0.1, 0.15) is 36.7 Å². The van der Waals surface area contributed by atoms with Gasteiger partial charge in [-0.05, 0) is 50.6 Å². The molecule has 0 atom stereocenters. The normalized spacial score (nSPS) is 11.0. The molecule has 0 unspecified atom stereocenters. The molecule has 5 nitrogen and oxygen atoms in total. The molecule has 0 aliphatic heterocycles. The number of carbonyl (C=O) groups is 2. The third-order valence-corrected chi connectivity index (χ3v) is 3.23. The summed E-state index contributed by atoms with van der Waals surface area (Å²) in [4.78, 5) is 23.7. The standard InChI is InChI=1S/C19H20F2N2O3/c1-19(2,3)26-18(25)22-11-12-4-6-13(7-5-12)17(24)23-16-9-8-14(20)10-15(16)21/h4-10H,11H2,1-3H3,(H,22,25)(H,23,24). The summed E-state index contributed by atoms with van der Waals surface area (Å²) in [5.41, 5.74) is 0.379. The lowest BCUT2D eigenvalue weighted by Gasteiger charge is -2.19. The number of hydrogen-bond donors (Lipinski definition) is 2. The maximum atomic E-state index is 13.6. The quantitative estimate of drug-likeness (QED) is 0.855. The fourth-order valence-corrected chi connectivity index (χ4v) is 2.05. The Labute approximate surface area is 150 Å². The van der Waals surface area contributed by atoms with Crippen LogP contribution in [-0.4, -0.2) is 17.6 Å². The van der Waals surface area contributed by atoms with Crippen molar-refractivity contribution in [3.8, 4) is 0 Å². The minimum atomic E-state index is -0.850. The van der Waals surface area contributed by atoms with Gasteiger partial charge >= 0.3 is 6.09 Å². The van der Waals surface area contributed by atoms with E-state index in [2.05, 4.69) is 10.6 Å². The molecule has 0 heterocycles. The Balaban J connectivity index is 1.94. The van der Waals surface area contributed by atoms with Gasteiger partial charge in [-0.25, -0.2) is 13.6 Å². The molecule has 2 aromatic carbocycles. The predicted octanol–water partition coefficient (Wildman–Crippen LogP) is 4.24. The Morgan fingerprint density at radius 3 is 2.27 bits per heavy atom. The number of alkyl carbamates (subject to hydrolysis) is 1. The van der Waals surface area contributed by atoms with Crippen molar-refractivity contribution in [2.24, 2.45) is 0 Å². The Hall–Kier alpha value is -2.96. The molecular weight excluding hydrogens is 342 g/mol. The molecule has 2 amide bonds. The Bertz CT molecular complexity index is 799. The first-order valence-electron chi connectivity index (χ1n) is 7.96. The molecule has 7 heteroatoms. The molecule has 0 aliphatic rings. The smallest absolute Gasteiger partial charge is 0.407 e. The maximum absolute atomic E-state index is 13.6. The second-order valence-corrected chi connectivity index (χ2v) is 6.63. The van der Waals surface area contributed by atoms with E-state index in [9.17, 15) is 18.4 Å². The van der Waals surface area contributed by atoms with Crippen molar-refractivity contribution in [3.05, 3.63) is 65.2 Å². The monoisotopic (exact) mass is 362 g/mol. The summed E-state index contributed by atoms with van der Waals surface area (Å²) in [6, 6.07) is 9.32. The van der Waals surface area contributed by atoms with Crippen LogP contribution in [0.15, 0.2) is 42.5 Å². The summed E-state index contributed by atoms with van der Waals surface area (Å²) in [6.07, 6.45) is -0.536. The molecule has 0 bridgehead atoms. The largest absolute Gasteiger partial charge is 0.444 e. The fraction of sp³-hybridized carbons (Fsp3) is 0.263. The highest BCUT2D eigenvalue weighted by atomic mass is 19.1. The first-order valence-corrected chi connectivity index (χ1v) is 7.96. The average Bonchev–Trinajstić information content (AvgIpc) is 2.54. The lowest BCUT2D eigenvalue weighted by Crippen LogP contribution is -2.32. The Morgan fingerprint density at radius 1 is 1.04 bits per heavy atom. The highest BCUT2D eigenvalue weighted by molar-refractivity contribution is 6.04. The van der Waals surface area contributed by atoms with Crippen molar-refractivity contribution in [3.63, 3.8) is 0 Å². The lowest BCUT2D eigenvalue weighted by atomic mass is 10.1. The highest BCUT2D eigenvalue weighted by Crippen LogP contribution is 2.16. The fourth-order valence-electron chi connectivity index (χ4n) is 2.05. The molecule has 2 N–H and O–H groups in total. The van der Waals surface area contributed by atoms with Crippen molar-refractivity contribution in [2.75, 3.05) is 5.32 Å². The Morgan fingerprint density at radius 2 is 1.69 bits per heavy atom. The summed E-state index contributed by atoms with van der Waals surface area (Å²) >= 11 is 0. The van der Waals surface area contributed by atoms with E-state index in [1.165, 1.54) is 0 Å². The summed E-state index contributed by atoms with van der Waals surface area (Å²) in [5, 5.41) is 4.99. The van der Waals surface area contributed by atoms with Gasteiger partial charge < -0.3 is 15.4 Å². The van der Waals surface area contributed by atoms with E-state index in [4.69, 9.17) is 4.74 Å². The minimum Gasteiger partial charge on any atom is -0.444 e. The van der Waals surface area contributed by atoms with E-state index in [0.717, 1.165) is 17.7 Å². The van der Waals surface area contributed by atoms with E-state index in [-0.39, 0.29) is 12.2 Å². The minimum absolute atomic E-state index is 0.105. The summed E-state index contributed by atoms with van der Waals surface area (Å²) in [6.45, 7) is 5.54. The molecule has 0 spiro atoms. The molecular formula is C19H20F2N2O3. The summed E-state index contributed by atoms with van der Waals surface area (Å²) in [5.74, 6) is -2.10. The van der Waals surface area contributed by atoms with E-state index < -0.39 is 29.2 Å². The first kappa shape index (κ1) is 19.4. The van der Waals surface area contributed by atoms with Crippen molar-refractivity contribution >= 4 is 17.7 Å². The van der Waals surface area contributed by atoms with Crippen molar-refractivity contribution < 1.29 is 23.1 Å². The van der Waals surface area contributed by atoms with Crippen molar-refractivity contribution in [1.29, 1.82) is 0 Å².